The highest BCUT2D eigenvalue weighted by Gasteiger charge is 2.59. The van der Waals surface area contributed by atoms with E-state index in [4.69, 9.17) is 0 Å². The fraction of sp³-hybridized carbons (Fsp3) is 0.348. The first-order valence-electron chi connectivity index (χ1n) is 10.8. The summed E-state index contributed by atoms with van der Waals surface area (Å²) in [6, 6.07) is 1.07. The van der Waals surface area contributed by atoms with Crippen molar-refractivity contribution in [2.45, 2.75) is 31.2 Å². The van der Waals surface area contributed by atoms with Crippen molar-refractivity contribution in [2.24, 2.45) is 5.92 Å². The highest BCUT2D eigenvalue weighted by atomic mass is 19.4. The molecule has 2 unspecified atom stereocenters. The molecule has 1 saturated carbocycles. The average molecular weight is 512 g/mol. The number of anilines is 1. The van der Waals surface area contributed by atoms with Gasteiger partial charge in [-0.1, -0.05) is 0 Å². The van der Waals surface area contributed by atoms with Gasteiger partial charge in [0.2, 0.25) is 5.43 Å². The number of aliphatic hydroxyl groups is 1. The summed E-state index contributed by atoms with van der Waals surface area (Å²) < 4.78 is 82.6. The van der Waals surface area contributed by atoms with Gasteiger partial charge in [-0.25, -0.2) is 18.2 Å². The van der Waals surface area contributed by atoms with Crippen molar-refractivity contribution < 1.29 is 36.2 Å². The lowest BCUT2D eigenvalue weighted by molar-refractivity contribution is -0.149. The minimum Gasteiger partial charge on any atom is -0.388 e. The average Bonchev–Trinajstić information content (AvgIpc) is 3.29. The first-order valence-corrected chi connectivity index (χ1v) is 10.8. The number of benzene rings is 1. The molecule has 1 aliphatic carbocycles. The summed E-state index contributed by atoms with van der Waals surface area (Å²) in [6.07, 6.45) is -3.51. The number of pyridine rings is 2. The van der Waals surface area contributed by atoms with E-state index in [1.807, 2.05) is 0 Å². The molecule has 0 radical (unpaired) electrons. The molecule has 3 aromatic rings. The van der Waals surface area contributed by atoms with Crippen molar-refractivity contribution >= 4 is 22.8 Å². The second-order valence-electron chi connectivity index (χ2n) is 9.12. The van der Waals surface area contributed by atoms with Gasteiger partial charge in [-0.3, -0.25) is 14.2 Å². The second kappa shape index (κ2) is 7.95. The third-order valence-corrected chi connectivity index (χ3v) is 6.57. The van der Waals surface area contributed by atoms with Gasteiger partial charge in [0.05, 0.1) is 11.0 Å². The molecule has 0 bridgehead atoms. The van der Waals surface area contributed by atoms with Gasteiger partial charge in [0.15, 0.2) is 17.3 Å². The molecule has 13 heteroatoms. The molecule has 2 aromatic heterocycles. The SMILES string of the molecule is C[C@H](NC(=O)c1cn(-c2c(F)cc(F)cc2F)c2nc(N3CC4CC4(O)C3)ccc2c1=O)C(F)(F)F. The Kier molecular flexibility index (Phi) is 5.32. The summed E-state index contributed by atoms with van der Waals surface area (Å²) in [4.78, 5) is 31.7. The molecule has 5 rings (SSSR count). The van der Waals surface area contributed by atoms with Gasteiger partial charge in [-0.05, 0) is 25.5 Å². The topological polar surface area (TPSA) is 87.5 Å². The van der Waals surface area contributed by atoms with E-state index in [2.05, 4.69) is 4.98 Å². The maximum atomic E-state index is 14.7. The zero-order valence-corrected chi connectivity index (χ0v) is 18.5. The number of aromatic nitrogens is 2. The number of hydrogen-bond donors (Lipinski definition) is 2. The van der Waals surface area contributed by atoms with Crippen molar-refractivity contribution in [3.63, 3.8) is 0 Å². The lowest BCUT2D eigenvalue weighted by atomic mass is 10.1. The third kappa shape index (κ3) is 3.96. The number of hydrogen-bond acceptors (Lipinski definition) is 5. The first-order chi connectivity index (χ1) is 16.8. The largest absolute Gasteiger partial charge is 0.408 e. The number of carbonyl (C=O) groups is 1. The number of nitrogens with zero attached hydrogens (tertiary/aromatic N) is 3. The van der Waals surface area contributed by atoms with E-state index in [-0.39, 0.29) is 29.3 Å². The van der Waals surface area contributed by atoms with Crippen molar-refractivity contribution in [3.05, 3.63) is 63.7 Å². The van der Waals surface area contributed by atoms with Crippen molar-refractivity contribution in [3.8, 4) is 5.69 Å². The lowest BCUT2D eigenvalue weighted by Crippen LogP contribution is -2.44. The minimum absolute atomic E-state index is 0.0332. The summed E-state index contributed by atoms with van der Waals surface area (Å²) in [5, 5.41) is 11.7. The van der Waals surface area contributed by atoms with E-state index in [1.54, 1.807) is 10.2 Å². The summed E-state index contributed by atoms with van der Waals surface area (Å²) in [5.41, 5.74) is -3.89. The van der Waals surface area contributed by atoms with Crippen LogP contribution in [0.1, 0.15) is 23.7 Å². The Hall–Kier alpha value is -3.61. The Morgan fingerprint density at radius 2 is 1.89 bits per heavy atom. The van der Waals surface area contributed by atoms with Crippen LogP contribution in [0.2, 0.25) is 0 Å². The second-order valence-corrected chi connectivity index (χ2v) is 9.12. The predicted octanol–water partition coefficient (Wildman–Crippen LogP) is 3.05. The van der Waals surface area contributed by atoms with Gasteiger partial charge in [-0.15, -0.1) is 0 Å². The molecule has 7 nitrogen and oxygen atoms in total. The first kappa shape index (κ1) is 24.1. The molecule has 1 aromatic carbocycles. The van der Waals surface area contributed by atoms with Gasteiger partial charge in [-0.2, -0.15) is 13.2 Å². The number of carbonyl (C=O) groups excluding carboxylic acids is 1. The highest BCUT2D eigenvalue weighted by Crippen LogP contribution is 2.50. The zero-order chi connectivity index (χ0) is 26.2. The lowest BCUT2D eigenvalue weighted by Gasteiger charge is -2.22. The van der Waals surface area contributed by atoms with Crippen LogP contribution in [0.15, 0.2) is 35.3 Å². The molecule has 3 atom stereocenters. The van der Waals surface area contributed by atoms with E-state index in [0.29, 0.717) is 42.8 Å². The summed E-state index contributed by atoms with van der Waals surface area (Å²) in [6.45, 7) is 1.36. The van der Waals surface area contributed by atoms with Crippen molar-refractivity contribution in [1.82, 2.24) is 14.9 Å². The number of piperidine rings is 1. The fourth-order valence-corrected chi connectivity index (χ4v) is 4.45. The quantitative estimate of drug-likeness (QED) is 0.525. The normalized spacial score (nSPS) is 22.0. The number of β-amino-alcohol motifs (C(OH)–C–C–N with tert-alkyl or cyclic N) is 1. The molecule has 0 spiro atoms. The number of halogens is 6. The number of fused-ring (bicyclic) bond motifs is 2. The minimum atomic E-state index is -4.81. The molecule has 2 N–H and O–H groups in total. The van der Waals surface area contributed by atoms with E-state index >= 15 is 0 Å². The Bertz CT molecular complexity index is 1450. The van der Waals surface area contributed by atoms with Crippen molar-refractivity contribution in [2.75, 3.05) is 18.0 Å². The van der Waals surface area contributed by atoms with E-state index in [1.165, 1.54) is 12.1 Å². The number of amides is 1. The number of rotatable bonds is 4. The van der Waals surface area contributed by atoms with Gasteiger partial charge in [0.25, 0.3) is 5.91 Å². The summed E-state index contributed by atoms with van der Waals surface area (Å²) in [7, 11) is 0. The molecule has 3 heterocycles. The zero-order valence-electron chi connectivity index (χ0n) is 18.5. The monoisotopic (exact) mass is 512 g/mol. The maximum Gasteiger partial charge on any atom is 0.408 e. The Morgan fingerprint density at radius 1 is 1.22 bits per heavy atom. The molecule has 190 valence electrons. The molecule has 2 fully saturated rings. The Morgan fingerprint density at radius 3 is 2.47 bits per heavy atom. The van der Waals surface area contributed by atoms with Crippen LogP contribution < -0.4 is 15.6 Å². The van der Waals surface area contributed by atoms with Crippen LogP contribution in [-0.4, -0.2) is 51.5 Å². The maximum absolute atomic E-state index is 14.7. The smallest absolute Gasteiger partial charge is 0.388 e. The molecular weight excluding hydrogens is 494 g/mol. The van der Waals surface area contributed by atoms with Crippen LogP contribution in [0, 0.1) is 23.4 Å². The molecule has 1 amide bonds. The fourth-order valence-electron chi connectivity index (χ4n) is 4.45. The summed E-state index contributed by atoms with van der Waals surface area (Å²) >= 11 is 0. The van der Waals surface area contributed by atoms with Crippen LogP contribution in [0.3, 0.4) is 0 Å². The third-order valence-electron chi connectivity index (χ3n) is 6.57. The molecular formula is C23H18F6N4O3. The van der Waals surface area contributed by atoms with Gasteiger partial charge in [0.1, 0.15) is 28.9 Å². The highest BCUT2D eigenvalue weighted by molar-refractivity contribution is 5.97. The van der Waals surface area contributed by atoms with Crippen LogP contribution in [0.5, 0.6) is 0 Å². The molecule has 36 heavy (non-hydrogen) atoms. The van der Waals surface area contributed by atoms with Gasteiger partial charge in [0, 0.05) is 37.3 Å². The van der Waals surface area contributed by atoms with Gasteiger partial charge < -0.3 is 15.3 Å². The molecule has 1 aliphatic heterocycles. The van der Waals surface area contributed by atoms with Crippen LogP contribution in [0.25, 0.3) is 16.7 Å². The van der Waals surface area contributed by atoms with Crippen LogP contribution >= 0.6 is 0 Å². The Balaban J connectivity index is 1.69. The van der Waals surface area contributed by atoms with E-state index in [0.717, 1.165) is 0 Å². The standard InChI is InChI=1S/C23H18F6N4O3/c1-10(23(27,28)29)30-21(35)14-8-33(18-15(25)4-12(24)5-16(18)26)20-13(19(14)34)2-3-17(31-20)32-7-11-6-22(11,36)9-32/h2-5,8,10-11,36H,6-7,9H2,1H3,(H,30,35)/t10-,11?,22?/m0/s1. The number of alkyl halides is 3. The van der Waals surface area contributed by atoms with Gasteiger partial charge >= 0.3 is 6.18 Å². The Labute approximate surface area is 199 Å². The van der Waals surface area contributed by atoms with Crippen LogP contribution in [0.4, 0.5) is 32.2 Å². The van der Waals surface area contributed by atoms with E-state index in [9.17, 15) is 41.0 Å². The van der Waals surface area contributed by atoms with E-state index < -0.39 is 57.9 Å². The number of nitrogens with one attached hydrogen (secondary N) is 1. The molecule has 2 aliphatic rings. The molecule has 1 saturated heterocycles. The summed E-state index contributed by atoms with van der Waals surface area (Å²) in [5.74, 6) is -5.13. The van der Waals surface area contributed by atoms with Crippen molar-refractivity contribution in [1.29, 1.82) is 0 Å². The predicted molar refractivity (Wildman–Crippen MR) is 115 cm³/mol. The van der Waals surface area contributed by atoms with Crippen LogP contribution in [-0.2, 0) is 0 Å².